The summed E-state index contributed by atoms with van der Waals surface area (Å²) in [7, 11) is 0. The second kappa shape index (κ2) is 21.3. The second-order valence-electron chi connectivity index (χ2n) is 24.6. The number of aromatic nitrogens is 3. The zero-order chi connectivity index (χ0) is 57.8. The summed E-state index contributed by atoms with van der Waals surface area (Å²) in [5.41, 5.74) is 12.7. The van der Waals surface area contributed by atoms with E-state index in [0.29, 0.717) is 22.9 Å². The van der Waals surface area contributed by atoms with Crippen molar-refractivity contribution in [2.24, 2.45) is 0 Å². The van der Waals surface area contributed by atoms with Crippen molar-refractivity contribution in [3.63, 3.8) is 0 Å². The van der Waals surface area contributed by atoms with Crippen molar-refractivity contribution < 1.29 is 39.0 Å². The molecule has 84 heavy (non-hydrogen) atoms. The Hall–Kier alpha value is -8.39. The molecular weight excluding hydrogens is 1230 g/mol. The third-order valence-electron chi connectivity index (χ3n) is 16.3. The number of rotatable bonds is 10. The summed E-state index contributed by atoms with van der Waals surface area (Å²) in [6.07, 6.45) is 1.87. The Morgan fingerprint density at radius 1 is 0.512 bits per heavy atom. The summed E-state index contributed by atoms with van der Waals surface area (Å²) >= 11 is 0. The number of ether oxygens (including phenoxy) is 1. The van der Waals surface area contributed by atoms with Crippen molar-refractivity contribution in [3.05, 3.63) is 241 Å². The van der Waals surface area contributed by atoms with Crippen LogP contribution in [0.4, 0.5) is 35.9 Å². The van der Waals surface area contributed by atoms with Crippen LogP contribution in [0.2, 0.25) is 0 Å². The van der Waals surface area contributed by atoms with Gasteiger partial charge in [0, 0.05) is 95.4 Å². The van der Waals surface area contributed by atoms with E-state index in [0.717, 1.165) is 112 Å². The number of anilines is 4. The smallest absolute Gasteiger partial charge is 0.136 e. The monoisotopic (exact) mass is 1290 g/mol. The zero-order valence-corrected chi connectivity index (χ0v) is 50.9. The molecule has 0 aliphatic carbocycles. The van der Waals surface area contributed by atoms with Crippen LogP contribution in [0.5, 0.6) is 11.5 Å². The summed E-state index contributed by atoms with van der Waals surface area (Å²) in [6.45, 7) is 23.6. The molecule has 0 atom stereocenters. The summed E-state index contributed by atoms with van der Waals surface area (Å²) < 4.78 is 60.1. The first kappa shape index (κ1) is 56.1. The number of halogens is 3. The van der Waals surface area contributed by atoms with Gasteiger partial charge < -0.3 is 23.7 Å². The quantitative estimate of drug-likeness (QED) is 0.128. The van der Waals surface area contributed by atoms with Gasteiger partial charge in [0.05, 0.1) is 16.6 Å². The van der Waals surface area contributed by atoms with Gasteiger partial charge in [-0.25, -0.2) is 18.2 Å². The van der Waals surface area contributed by atoms with Gasteiger partial charge in [-0.2, -0.15) is 6.07 Å². The summed E-state index contributed by atoms with van der Waals surface area (Å²) in [4.78, 5) is 9.01. The molecule has 0 fully saturated rings. The van der Waals surface area contributed by atoms with E-state index < -0.39 is 22.9 Å². The third kappa shape index (κ3) is 9.84. The number of para-hydroxylation sites is 5. The molecule has 12 aromatic rings. The molecule has 1 aliphatic rings. The normalized spacial score (nSPS) is 12.8. The summed E-state index contributed by atoms with van der Waals surface area (Å²) in [6, 6.07) is 65.1. The van der Waals surface area contributed by atoms with Gasteiger partial charge in [-0.05, 0) is 110 Å². The van der Waals surface area contributed by atoms with Gasteiger partial charge in [-0.1, -0.05) is 171 Å². The largest absolute Gasteiger partial charge is 0.509 e. The predicted molar refractivity (Wildman–Crippen MR) is 335 cm³/mol. The fourth-order valence-corrected chi connectivity index (χ4v) is 11.8. The maximum atomic E-state index is 16.8. The van der Waals surface area contributed by atoms with Crippen molar-refractivity contribution in [1.82, 2.24) is 14.1 Å². The van der Waals surface area contributed by atoms with Crippen molar-refractivity contribution in [2.75, 3.05) is 9.80 Å². The van der Waals surface area contributed by atoms with E-state index in [2.05, 4.69) is 211 Å². The van der Waals surface area contributed by atoms with Crippen molar-refractivity contribution in [3.8, 4) is 45.3 Å². The molecule has 3 aromatic heterocycles. The number of nitrogens with zero attached hydrogens (tertiary/aromatic N) is 5. The van der Waals surface area contributed by atoms with E-state index in [1.807, 2.05) is 66.3 Å². The third-order valence-corrected chi connectivity index (χ3v) is 16.3. The Bertz CT molecular complexity index is 4460. The molecule has 6 nitrogen and oxygen atoms in total. The van der Waals surface area contributed by atoms with E-state index in [1.165, 1.54) is 0 Å². The van der Waals surface area contributed by atoms with Crippen molar-refractivity contribution >= 4 is 66.4 Å². The van der Waals surface area contributed by atoms with E-state index in [4.69, 9.17) is 9.72 Å². The molecule has 4 heterocycles. The van der Waals surface area contributed by atoms with Crippen LogP contribution in [0.25, 0.3) is 77.4 Å². The minimum atomic E-state index is -0.997. The Morgan fingerprint density at radius 2 is 1.06 bits per heavy atom. The molecule has 0 saturated heterocycles. The molecular formula is C74H63F3N5OPt-3. The zero-order valence-electron chi connectivity index (χ0n) is 48.6. The molecule has 0 N–H and O–H groups in total. The number of fused-ring (bicyclic) bond motifs is 7. The average molecular weight is 1290 g/mol. The Kier molecular flexibility index (Phi) is 14.3. The standard InChI is InChI=1S/C74H63F3N5O.Pt/c1-44(2)46-31-47(45(3)4)33-48(32-46)60-34-50(74(8,9)10)35-61(71-62(76)37-51(75)38-63(71)77)72(60)80-43-79(67-25-17-18-26-68(67)80)52-39-53(81-64-22-14-11-19-56(64)57-20-12-15-23-65(57)81)41-55(40-52)83-54-27-28-59-58-21-13-16-24-66(58)82(69(59)42-54)70-36-49(29-30-78-70)73(5,6)7;/h11-39,41,43-45H,1-10H3;/q-3;. The van der Waals surface area contributed by atoms with Crippen LogP contribution < -0.4 is 14.5 Å². The van der Waals surface area contributed by atoms with Crippen LogP contribution in [0.15, 0.2) is 182 Å². The van der Waals surface area contributed by atoms with Gasteiger partial charge in [0.1, 0.15) is 23.3 Å². The summed E-state index contributed by atoms with van der Waals surface area (Å²) in [5.74, 6) is -0.939. The van der Waals surface area contributed by atoms with Crippen LogP contribution in [0.1, 0.15) is 103 Å². The molecule has 0 unspecified atom stereocenters. The molecule has 0 bridgehead atoms. The van der Waals surface area contributed by atoms with E-state index in [1.54, 1.807) is 0 Å². The van der Waals surface area contributed by atoms with Gasteiger partial charge in [-0.15, -0.1) is 42.4 Å². The van der Waals surface area contributed by atoms with Crippen LogP contribution in [0, 0.1) is 36.3 Å². The van der Waals surface area contributed by atoms with Crippen LogP contribution in [-0.4, -0.2) is 14.1 Å². The molecule has 0 amide bonds. The molecule has 1 aliphatic heterocycles. The van der Waals surface area contributed by atoms with Gasteiger partial charge >= 0.3 is 0 Å². The van der Waals surface area contributed by atoms with Crippen LogP contribution in [-0.2, 0) is 31.9 Å². The minimum absolute atomic E-state index is 0. The van der Waals surface area contributed by atoms with Gasteiger partial charge in [-0.3, -0.25) is 0 Å². The Labute approximate surface area is 504 Å². The number of hydrogen-bond donors (Lipinski definition) is 0. The molecule has 0 saturated carbocycles. The first-order valence-electron chi connectivity index (χ1n) is 28.5. The van der Waals surface area contributed by atoms with Crippen molar-refractivity contribution in [1.29, 1.82) is 0 Å². The molecule has 0 radical (unpaired) electrons. The topological polar surface area (TPSA) is 38.5 Å². The number of pyridine rings is 1. The SMILES string of the molecule is CC(C)c1cc(-c2cc(C(C)(C)C)cc(-c3c(F)cc(F)cc3F)c2N2[CH-]N(c3[c-]c(Oc4[c-]c5c(cc4)c4ccccc4n5-c4cc(C(C)(C)C)ccn4)cc(-n4c5ccccc5c5ccccc54)c3)c3ccccc32)cc(C(C)C)c1.[Pt]. The number of hydrogen-bond acceptors (Lipinski definition) is 4. The maximum Gasteiger partial charge on any atom is 0.136 e. The van der Waals surface area contributed by atoms with Crippen LogP contribution in [0.3, 0.4) is 0 Å². The first-order valence-corrected chi connectivity index (χ1v) is 28.5. The maximum absolute atomic E-state index is 16.8. The van der Waals surface area contributed by atoms with E-state index in [-0.39, 0.29) is 49.4 Å². The average Bonchev–Trinajstić information content (AvgIpc) is 2.33. The van der Waals surface area contributed by atoms with Gasteiger partial charge in [0.2, 0.25) is 0 Å². The number of benzene rings is 9. The predicted octanol–water partition coefficient (Wildman–Crippen LogP) is 20.7. The fourth-order valence-electron chi connectivity index (χ4n) is 11.8. The van der Waals surface area contributed by atoms with Gasteiger partial charge in [0.15, 0.2) is 0 Å². The van der Waals surface area contributed by atoms with E-state index >= 15 is 13.2 Å². The van der Waals surface area contributed by atoms with Crippen LogP contribution >= 0.6 is 0 Å². The summed E-state index contributed by atoms with van der Waals surface area (Å²) in [5, 5.41) is 4.27. The van der Waals surface area contributed by atoms with E-state index in [9.17, 15) is 0 Å². The molecule has 10 heteroatoms. The molecule has 424 valence electrons. The molecule has 0 spiro atoms. The van der Waals surface area contributed by atoms with Gasteiger partial charge in [0.25, 0.3) is 0 Å². The molecule has 9 aromatic carbocycles. The van der Waals surface area contributed by atoms with Crippen molar-refractivity contribution in [2.45, 2.75) is 91.9 Å². The fraction of sp³-hybridized carbons (Fsp3) is 0.189. The Morgan fingerprint density at radius 3 is 1.65 bits per heavy atom. The first-order chi connectivity index (χ1) is 39.8. The molecule has 13 rings (SSSR count). The minimum Gasteiger partial charge on any atom is -0.509 e. The Balaban J connectivity index is 0.00000694. The second-order valence-corrected chi connectivity index (χ2v) is 24.6.